The van der Waals surface area contributed by atoms with Gasteiger partial charge in [-0.05, 0) is 18.1 Å². The van der Waals surface area contributed by atoms with Crippen LogP contribution in [0.1, 0.15) is 5.56 Å². The van der Waals surface area contributed by atoms with E-state index >= 15 is 0 Å². The monoisotopic (exact) mass is 220 g/mol. The molecule has 0 aliphatic carbocycles. The fourth-order valence-corrected chi connectivity index (χ4v) is 1.40. The van der Waals surface area contributed by atoms with Gasteiger partial charge in [-0.3, -0.25) is 0 Å². The Morgan fingerprint density at radius 1 is 1.31 bits per heavy atom. The van der Waals surface area contributed by atoms with Crippen LogP contribution in [-0.4, -0.2) is 32.7 Å². The molecule has 0 atom stereocenters. The molecule has 1 aromatic rings. The fourth-order valence-electron chi connectivity index (χ4n) is 1.40. The van der Waals surface area contributed by atoms with E-state index < -0.39 is 0 Å². The number of benzene rings is 1. The lowest BCUT2D eigenvalue weighted by molar-refractivity contribution is 0.388. The first-order chi connectivity index (χ1) is 7.71. The second-order valence-electron chi connectivity index (χ2n) is 3.45. The summed E-state index contributed by atoms with van der Waals surface area (Å²) in [7, 11) is 5.01. The molecule has 0 amide bonds. The SMILES string of the molecule is COc1ccc(CCN(C)C#N)c(OC)c1. The Morgan fingerprint density at radius 2 is 2.06 bits per heavy atom. The van der Waals surface area contributed by atoms with Crippen LogP contribution in [0.4, 0.5) is 0 Å². The number of ether oxygens (including phenoxy) is 2. The molecular weight excluding hydrogens is 204 g/mol. The third-order valence-electron chi connectivity index (χ3n) is 2.38. The van der Waals surface area contributed by atoms with Gasteiger partial charge in [-0.25, -0.2) is 0 Å². The van der Waals surface area contributed by atoms with Gasteiger partial charge in [-0.2, -0.15) is 5.26 Å². The lowest BCUT2D eigenvalue weighted by Crippen LogP contribution is -2.14. The summed E-state index contributed by atoms with van der Waals surface area (Å²) in [5.74, 6) is 1.57. The average Bonchev–Trinajstić information content (AvgIpc) is 2.35. The summed E-state index contributed by atoms with van der Waals surface area (Å²) in [6.07, 6.45) is 2.84. The van der Waals surface area contributed by atoms with Crippen LogP contribution >= 0.6 is 0 Å². The first kappa shape index (κ1) is 12.2. The van der Waals surface area contributed by atoms with Crippen molar-refractivity contribution in [1.82, 2.24) is 4.90 Å². The molecule has 0 heterocycles. The first-order valence-electron chi connectivity index (χ1n) is 5.03. The Balaban J connectivity index is 2.76. The van der Waals surface area contributed by atoms with Gasteiger partial charge in [0.25, 0.3) is 0 Å². The van der Waals surface area contributed by atoms with E-state index in [9.17, 15) is 0 Å². The van der Waals surface area contributed by atoms with E-state index in [1.54, 1.807) is 26.2 Å². The van der Waals surface area contributed by atoms with Gasteiger partial charge < -0.3 is 14.4 Å². The van der Waals surface area contributed by atoms with Crippen molar-refractivity contribution in [2.45, 2.75) is 6.42 Å². The molecule has 0 saturated carbocycles. The van der Waals surface area contributed by atoms with Crippen molar-refractivity contribution in [2.75, 3.05) is 27.8 Å². The molecule has 16 heavy (non-hydrogen) atoms. The first-order valence-corrected chi connectivity index (χ1v) is 5.03. The number of nitrogens with zero attached hydrogens (tertiary/aromatic N) is 2. The molecule has 1 aromatic carbocycles. The highest BCUT2D eigenvalue weighted by Crippen LogP contribution is 2.24. The maximum Gasteiger partial charge on any atom is 0.179 e. The quantitative estimate of drug-likeness (QED) is 0.559. The van der Waals surface area contributed by atoms with Crippen LogP contribution in [0.25, 0.3) is 0 Å². The summed E-state index contributed by atoms with van der Waals surface area (Å²) >= 11 is 0. The Hall–Kier alpha value is -1.89. The molecular formula is C12H16N2O2. The number of likely N-dealkylation sites (N-methyl/N-ethyl adjacent to an activating group) is 1. The van der Waals surface area contributed by atoms with Gasteiger partial charge in [0.1, 0.15) is 11.5 Å². The van der Waals surface area contributed by atoms with E-state index in [1.165, 1.54) is 0 Å². The van der Waals surface area contributed by atoms with Gasteiger partial charge in [0.15, 0.2) is 6.19 Å². The number of nitriles is 1. The van der Waals surface area contributed by atoms with Crippen LogP contribution in [0.2, 0.25) is 0 Å². The molecule has 4 nitrogen and oxygen atoms in total. The number of methoxy groups -OCH3 is 2. The molecule has 0 bridgehead atoms. The van der Waals surface area contributed by atoms with E-state index in [-0.39, 0.29) is 0 Å². The Morgan fingerprint density at radius 3 is 2.62 bits per heavy atom. The van der Waals surface area contributed by atoms with Crippen LogP contribution in [0.15, 0.2) is 18.2 Å². The van der Waals surface area contributed by atoms with Crippen molar-refractivity contribution in [3.63, 3.8) is 0 Å². The summed E-state index contributed by atoms with van der Waals surface area (Å²) in [6.45, 7) is 0.680. The van der Waals surface area contributed by atoms with Crippen molar-refractivity contribution in [3.8, 4) is 17.7 Å². The highest BCUT2D eigenvalue weighted by Gasteiger charge is 2.05. The summed E-state index contributed by atoms with van der Waals surface area (Å²) < 4.78 is 10.4. The molecule has 0 N–H and O–H groups in total. The zero-order valence-electron chi connectivity index (χ0n) is 9.86. The van der Waals surface area contributed by atoms with Gasteiger partial charge in [0.05, 0.1) is 14.2 Å². The van der Waals surface area contributed by atoms with Crippen LogP contribution in [0.3, 0.4) is 0 Å². The molecule has 0 unspecified atom stereocenters. The average molecular weight is 220 g/mol. The molecule has 4 heteroatoms. The number of rotatable bonds is 5. The van der Waals surface area contributed by atoms with Crippen LogP contribution in [0.5, 0.6) is 11.5 Å². The van der Waals surface area contributed by atoms with Gasteiger partial charge in [0, 0.05) is 19.7 Å². The molecule has 0 fully saturated rings. The van der Waals surface area contributed by atoms with Crippen LogP contribution < -0.4 is 9.47 Å². The molecule has 0 aliphatic heterocycles. The second kappa shape index (κ2) is 5.86. The molecule has 0 saturated heterocycles. The van der Waals surface area contributed by atoms with E-state index in [4.69, 9.17) is 14.7 Å². The highest BCUT2D eigenvalue weighted by atomic mass is 16.5. The van der Waals surface area contributed by atoms with Crippen molar-refractivity contribution in [3.05, 3.63) is 23.8 Å². The zero-order chi connectivity index (χ0) is 12.0. The van der Waals surface area contributed by atoms with Gasteiger partial charge >= 0.3 is 0 Å². The normalized spacial score (nSPS) is 9.38. The van der Waals surface area contributed by atoms with Gasteiger partial charge in [0.2, 0.25) is 0 Å². The minimum Gasteiger partial charge on any atom is -0.497 e. The van der Waals surface area contributed by atoms with Gasteiger partial charge in [-0.1, -0.05) is 6.07 Å². The van der Waals surface area contributed by atoms with E-state index in [0.717, 1.165) is 23.5 Å². The lowest BCUT2D eigenvalue weighted by Gasteiger charge is -2.12. The maximum atomic E-state index is 8.65. The maximum absolute atomic E-state index is 8.65. The van der Waals surface area contributed by atoms with E-state index in [2.05, 4.69) is 6.19 Å². The topological polar surface area (TPSA) is 45.5 Å². The molecule has 0 aliphatic rings. The Labute approximate surface area is 96.0 Å². The smallest absolute Gasteiger partial charge is 0.179 e. The van der Waals surface area contributed by atoms with Crippen LogP contribution in [0, 0.1) is 11.5 Å². The third-order valence-corrected chi connectivity index (χ3v) is 2.38. The predicted molar refractivity (Wildman–Crippen MR) is 61.5 cm³/mol. The second-order valence-corrected chi connectivity index (χ2v) is 3.45. The van der Waals surface area contributed by atoms with Crippen molar-refractivity contribution < 1.29 is 9.47 Å². The van der Waals surface area contributed by atoms with E-state index in [1.807, 2.05) is 18.2 Å². The summed E-state index contributed by atoms with van der Waals surface area (Å²) in [6, 6.07) is 5.70. The minimum absolute atomic E-state index is 0.680. The fraction of sp³-hybridized carbons (Fsp3) is 0.417. The van der Waals surface area contributed by atoms with Crippen molar-refractivity contribution in [2.24, 2.45) is 0 Å². The lowest BCUT2D eigenvalue weighted by atomic mass is 10.1. The summed E-state index contributed by atoms with van der Waals surface area (Å²) in [5, 5.41) is 8.65. The van der Waals surface area contributed by atoms with Crippen molar-refractivity contribution in [1.29, 1.82) is 5.26 Å². The third kappa shape index (κ3) is 3.06. The molecule has 0 spiro atoms. The highest BCUT2D eigenvalue weighted by molar-refractivity contribution is 5.40. The number of hydrogen-bond donors (Lipinski definition) is 0. The minimum atomic E-state index is 0.680. The van der Waals surface area contributed by atoms with Crippen molar-refractivity contribution >= 4 is 0 Å². The molecule has 0 aromatic heterocycles. The Kier molecular flexibility index (Phi) is 4.46. The van der Waals surface area contributed by atoms with E-state index in [0.29, 0.717) is 6.54 Å². The molecule has 86 valence electrons. The summed E-state index contributed by atoms with van der Waals surface area (Å²) in [5.41, 5.74) is 1.07. The molecule has 1 rings (SSSR count). The van der Waals surface area contributed by atoms with Crippen LogP contribution in [-0.2, 0) is 6.42 Å². The Bertz CT molecular complexity index is 385. The standard InChI is InChI=1S/C12H16N2O2/c1-14(9-13)7-6-10-4-5-11(15-2)8-12(10)16-3/h4-5,8H,6-7H2,1-3H3. The number of hydrogen-bond acceptors (Lipinski definition) is 4. The summed E-state index contributed by atoms with van der Waals surface area (Å²) in [4.78, 5) is 1.59. The predicted octanol–water partition coefficient (Wildman–Crippen LogP) is 1.66. The largest absolute Gasteiger partial charge is 0.497 e. The molecule has 0 radical (unpaired) electrons. The van der Waals surface area contributed by atoms with Gasteiger partial charge in [-0.15, -0.1) is 0 Å². The zero-order valence-corrected chi connectivity index (χ0v) is 9.86.